The smallest absolute Gasteiger partial charge is 0.234 e. The van der Waals surface area contributed by atoms with Crippen LogP contribution >= 0.6 is 0 Å². The Balaban J connectivity index is 0.000000454. The highest BCUT2D eigenvalue weighted by atomic mass is 16.7. The Morgan fingerprint density at radius 1 is 0.312 bits per heavy atom. The minimum Gasteiger partial charge on any atom is -0.396 e. The first-order chi connectivity index (χ1) is 60.8. The summed E-state index contributed by atoms with van der Waals surface area (Å²) >= 11 is 0. The van der Waals surface area contributed by atoms with E-state index in [4.69, 9.17) is 52.1 Å². The monoisotopic (exact) mass is 1860 g/mol. The predicted octanol–water partition coefficient (Wildman–Crippen LogP) is -16.2. The number of nitrogens with one attached hydrogen (secondary N) is 8. The maximum absolute atomic E-state index is 13.6. The van der Waals surface area contributed by atoms with Gasteiger partial charge in [-0.2, -0.15) is 0 Å². The third kappa shape index (κ3) is 37.3. The number of aliphatic hydroxyl groups excluding tert-OH is 22. The zero-order valence-corrected chi connectivity index (χ0v) is 72.3. The van der Waals surface area contributed by atoms with Crippen LogP contribution in [0, 0.1) is 5.92 Å². The summed E-state index contributed by atoms with van der Waals surface area (Å²) in [6.07, 6.45) is -38.9. The van der Waals surface area contributed by atoms with E-state index in [1.807, 2.05) is 13.8 Å². The lowest BCUT2D eigenvalue weighted by Gasteiger charge is -2.40. The van der Waals surface area contributed by atoms with Gasteiger partial charge in [-0.05, 0) is 72.6 Å². The predicted molar refractivity (Wildman–Crippen MR) is 431 cm³/mol. The van der Waals surface area contributed by atoms with Crippen LogP contribution in [0.2, 0.25) is 0 Å². The van der Waals surface area contributed by atoms with Gasteiger partial charge in [-0.3, -0.25) is 48.2 Å². The topological polar surface area (TPSA) is 786 Å². The van der Waals surface area contributed by atoms with Crippen molar-refractivity contribution >= 4 is 47.3 Å². The lowest BCUT2D eigenvalue weighted by molar-refractivity contribution is -0.304. The summed E-state index contributed by atoms with van der Waals surface area (Å²) in [5, 5.41) is 243. The van der Waals surface area contributed by atoms with Gasteiger partial charge >= 0.3 is 0 Å². The van der Waals surface area contributed by atoms with Crippen LogP contribution < -0.4 is 42.5 Å². The van der Waals surface area contributed by atoms with Crippen molar-refractivity contribution in [2.24, 2.45) is 5.92 Å². The van der Waals surface area contributed by atoms with E-state index in [0.29, 0.717) is 64.5 Å². The number of hydrogen-bond donors (Lipinski definition) is 30. The van der Waals surface area contributed by atoms with Crippen molar-refractivity contribution in [1.29, 1.82) is 0 Å². The number of nitrogens with zero attached hydrogens (tertiary/aromatic N) is 2. The van der Waals surface area contributed by atoms with Gasteiger partial charge in [0.05, 0.1) is 129 Å². The highest BCUT2D eigenvalue weighted by Gasteiger charge is 2.50. The first-order valence-electron chi connectivity index (χ1n) is 43.1. The van der Waals surface area contributed by atoms with Gasteiger partial charge in [-0.15, -0.1) is 0 Å². The summed E-state index contributed by atoms with van der Waals surface area (Å²) in [6.45, 7) is 0.396. The summed E-state index contributed by atoms with van der Waals surface area (Å²) < 4.78 is 60.5. The summed E-state index contributed by atoms with van der Waals surface area (Å²) in [5.74, 6) is -4.81. The van der Waals surface area contributed by atoms with Crippen LogP contribution in [-0.4, -0.2) is 504 Å². The second kappa shape index (κ2) is 59.2. The van der Waals surface area contributed by atoms with Gasteiger partial charge in [-0.1, -0.05) is 12.8 Å². The zero-order chi connectivity index (χ0) is 95.0. The molecule has 51 heteroatoms. The highest BCUT2D eigenvalue weighted by Crippen LogP contribution is 2.30. The van der Waals surface area contributed by atoms with Crippen LogP contribution in [0.3, 0.4) is 0 Å². The Hall–Kier alpha value is -5.64. The van der Waals surface area contributed by atoms with Crippen LogP contribution in [0.15, 0.2) is 0 Å². The summed E-state index contributed by atoms with van der Waals surface area (Å²) in [7, 11) is 0. The fourth-order valence-electron chi connectivity index (χ4n) is 14.3. The summed E-state index contributed by atoms with van der Waals surface area (Å²) in [6, 6.07) is -2.05. The molecule has 1 saturated carbocycles. The standard InChI is InChI=1S/C39H71N5O20.C38H69N5O21/c1-3-40-25(47)7-5-4-6-9-41-26(48)14-44(15-27(49)42-10-12-61-38-36(58)33(55)29(51)20(2)63-38)16-28(50)43-22(19-62-39-37(59)35(57)32(54)24(18-46)64-39)8-11-60-23-13-21(17-45)30(52)34(56)31(23)53;1-3-39-23(46)7-5-4-6-9-40-24(47)13-43(14-25(48)41-10-12-60-36-33(56)30(53)27(50)19(2)62-36)15-26(49)42-20(18-61-38-35(58)32(55)29(52)22(17-45)64-38)8-11-59-37-34(57)31(54)28(51)21(16-44)63-37/h20-24,29-39,45-46,51-59H,3-19H2,1-2H3,(H,40,47)(H,41,48)(H,42,49)(H,43,50);19-22,27-38,44-45,50-58H,3-18H2,1-2H3,(H,39,46)(H,40,47)(H,41,48)(H,42,49)/t20-,21+,22?,23-,24+,29+,30+,31+,32+,33+,34-,35-,36-,37-,38+,39-;19-,20?,21+,22+,27+,28+,29+,30+,31-,32-,33-,34-,35-,36+,37-,38-/m00/s1. The van der Waals surface area contributed by atoms with Crippen LogP contribution in [0.4, 0.5) is 0 Å². The van der Waals surface area contributed by atoms with Crippen molar-refractivity contribution in [3.8, 4) is 0 Å². The summed E-state index contributed by atoms with van der Waals surface area (Å²) in [4.78, 5) is 105. The molecule has 0 aromatic heterocycles. The number of amides is 8. The van der Waals surface area contributed by atoms with E-state index in [2.05, 4.69) is 42.5 Å². The zero-order valence-electron chi connectivity index (χ0n) is 72.3. The van der Waals surface area contributed by atoms with Crippen LogP contribution in [0.25, 0.3) is 0 Å². The Labute approximate surface area is 738 Å². The quantitative estimate of drug-likeness (QED) is 0.0251. The number of carbonyl (C=O) groups excluding carboxylic acids is 8. The molecule has 0 aromatic rings. The lowest BCUT2D eigenvalue weighted by atomic mass is 9.81. The van der Waals surface area contributed by atoms with Gasteiger partial charge in [0, 0.05) is 71.2 Å². The number of unbranched alkanes of at least 4 members (excludes halogenated alkanes) is 4. The summed E-state index contributed by atoms with van der Waals surface area (Å²) in [5.41, 5.74) is 0. The van der Waals surface area contributed by atoms with Crippen molar-refractivity contribution in [2.75, 3.05) is 145 Å². The second-order valence-electron chi connectivity index (χ2n) is 32.1. The Morgan fingerprint density at radius 3 is 0.961 bits per heavy atom. The molecule has 0 radical (unpaired) electrons. The molecule has 0 spiro atoms. The maximum Gasteiger partial charge on any atom is 0.234 e. The third-order valence-electron chi connectivity index (χ3n) is 21.9. The molecule has 5 aliphatic heterocycles. The van der Waals surface area contributed by atoms with E-state index in [1.165, 1.54) is 23.6 Å². The number of hydrogen-bond acceptors (Lipinski definition) is 43. The van der Waals surface area contributed by atoms with Gasteiger partial charge in [-0.25, -0.2) is 0 Å². The molecule has 1 aliphatic carbocycles. The molecule has 8 amide bonds. The van der Waals surface area contributed by atoms with Gasteiger partial charge in [0.1, 0.15) is 122 Å². The molecule has 0 bridgehead atoms. The fraction of sp³-hybridized carbons (Fsp3) is 0.896. The van der Waals surface area contributed by atoms with Crippen LogP contribution in [0.1, 0.15) is 98.3 Å². The molecule has 5 saturated heterocycles. The molecule has 6 fully saturated rings. The molecule has 0 aromatic carbocycles. The lowest BCUT2D eigenvalue weighted by Crippen LogP contribution is -2.60. The third-order valence-corrected chi connectivity index (χ3v) is 21.9. The molecule has 744 valence electrons. The molecule has 6 rings (SSSR count). The molecule has 51 nitrogen and oxygen atoms in total. The Morgan fingerprint density at radius 2 is 0.617 bits per heavy atom. The number of rotatable bonds is 54. The first kappa shape index (κ1) is 113. The Bertz CT molecular complexity index is 3010. The van der Waals surface area contributed by atoms with E-state index < -0.39 is 310 Å². The first-order valence-corrected chi connectivity index (χ1v) is 43.1. The second-order valence-corrected chi connectivity index (χ2v) is 32.1. The van der Waals surface area contributed by atoms with E-state index in [1.54, 1.807) is 0 Å². The van der Waals surface area contributed by atoms with Gasteiger partial charge in [0.2, 0.25) is 47.3 Å². The average molecular weight is 1860 g/mol. The van der Waals surface area contributed by atoms with Crippen molar-refractivity contribution < 1.29 is 203 Å². The minimum absolute atomic E-state index is 0.0155. The Kier molecular flexibility index (Phi) is 52.2. The molecular weight excluding hydrogens is 1720 g/mol. The number of carbonyl (C=O) groups is 8. The number of ether oxygens (including phenoxy) is 11. The molecule has 2 unspecified atom stereocenters. The SMILES string of the molecule is CCNC(=O)CCCCCNC(=O)CN(CC(=O)NCCO[C@@H]1O[C@@H](C)[C@@H](O)[C@@H](O)[C@@H]1O)CC(=O)NC(CCO[C@H]1C[C@H](CO)[C@@H](O)[C@H](O)[C@@H]1O)CO[C@H]1O[C@H](CO)[C@@H](O)[C@H](O)[C@@H]1O.CCNC(=O)CCCCCNC(=O)CN(CC(=O)NCCO[C@@H]1O[C@@H](C)[C@@H](O)[C@@H](O)[C@@H]1O)CC(=O)NC(CCO[C@H]1O[C@H](CO)[C@@H](O)[C@H](O)[C@@H]1O)CO[C@H]1O[C@H](CO)[C@@H](O)[C@H](O)[C@@H]1O. The molecule has 32 atom stereocenters. The number of aliphatic hydroxyl groups is 22. The average Bonchev–Trinajstić information content (AvgIpc) is 0.794. The van der Waals surface area contributed by atoms with Crippen molar-refractivity contribution in [3.63, 3.8) is 0 Å². The highest BCUT2D eigenvalue weighted by molar-refractivity contribution is 5.85. The maximum atomic E-state index is 13.6. The molecule has 6 aliphatic rings. The van der Waals surface area contributed by atoms with Crippen LogP contribution in [-0.2, 0) is 90.5 Å². The van der Waals surface area contributed by atoms with Gasteiger partial charge < -0.3 is 207 Å². The van der Waals surface area contributed by atoms with Gasteiger partial charge in [0.15, 0.2) is 31.5 Å². The van der Waals surface area contributed by atoms with Crippen molar-refractivity contribution in [3.05, 3.63) is 0 Å². The van der Waals surface area contributed by atoms with Crippen molar-refractivity contribution in [2.45, 2.75) is 288 Å². The molecule has 5 heterocycles. The van der Waals surface area contributed by atoms with Crippen molar-refractivity contribution in [1.82, 2.24) is 52.3 Å². The molecule has 30 N–H and O–H groups in total. The van der Waals surface area contributed by atoms with Gasteiger partial charge in [0.25, 0.3) is 0 Å². The fourth-order valence-corrected chi connectivity index (χ4v) is 14.3. The molecular formula is C77H140N10O41. The van der Waals surface area contributed by atoms with E-state index in [0.717, 1.165) is 0 Å². The van der Waals surface area contributed by atoms with E-state index in [-0.39, 0.29) is 83.7 Å². The van der Waals surface area contributed by atoms with Crippen LogP contribution in [0.5, 0.6) is 0 Å². The van der Waals surface area contributed by atoms with E-state index in [9.17, 15) is 151 Å². The largest absolute Gasteiger partial charge is 0.396 e. The minimum atomic E-state index is -1.79. The van der Waals surface area contributed by atoms with E-state index >= 15 is 0 Å². The normalized spacial score (nSPS) is 33.6. The molecule has 128 heavy (non-hydrogen) atoms.